The van der Waals surface area contributed by atoms with Crippen molar-refractivity contribution in [2.45, 2.75) is 39.7 Å². The molecule has 0 aliphatic rings. The molecule has 2 nitrogen and oxygen atoms in total. The Morgan fingerprint density at radius 3 is 2.25 bits per heavy atom. The smallest absolute Gasteiger partial charge is 0.166 e. The van der Waals surface area contributed by atoms with Gasteiger partial charge in [0.15, 0.2) is 5.78 Å². The van der Waals surface area contributed by atoms with Gasteiger partial charge in [-0.15, -0.1) is 0 Å². The Hall–Kier alpha value is -1.15. The lowest BCUT2D eigenvalue weighted by molar-refractivity contribution is -0.129. The van der Waals surface area contributed by atoms with Crippen molar-refractivity contribution in [3.05, 3.63) is 34.9 Å². The van der Waals surface area contributed by atoms with Crippen molar-refractivity contribution in [2.75, 3.05) is 7.11 Å². The predicted octanol–water partition coefficient (Wildman–Crippen LogP) is 3.36. The molecule has 1 rings (SSSR count). The van der Waals surface area contributed by atoms with Gasteiger partial charge in [0.2, 0.25) is 0 Å². The Bertz CT molecular complexity index is 349. The first-order chi connectivity index (χ1) is 7.58. The molecular formula is C14H20O2. The van der Waals surface area contributed by atoms with Crippen LogP contribution in [0.1, 0.15) is 42.6 Å². The monoisotopic (exact) mass is 220 g/mol. The van der Waals surface area contributed by atoms with E-state index in [2.05, 4.69) is 6.07 Å². The third kappa shape index (κ3) is 3.17. The van der Waals surface area contributed by atoms with Gasteiger partial charge in [0, 0.05) is 13.5 Å². The van der Waals surface area contributed by atoms with E-state index in [4.69, 9.17) is 4.74 Å². The van der Waals surface area contributed by atoms with E-state index in [9.17, 15) is 4.79 Å². The molecule has 88 valence electrons. The number of rotatable bonds is 5. The van der Waals surface area contributed by atoms with Crippen LogP contribution in [0.15, 0.2) is 18.2 Å². The summed E-state index contributed by atoms with van der Waals surface area (Å²) < 4.78 is 5.31. The first-order valence-corrected chi connectivity index (χ1v) is 5.72. The van der Waals surface area contributed by atoms with Gasteiger partial charge < -0.3 is 4.74 Å². The summed E-state index contributed by atoms with van der Waals surface area (Å²) >= 11 is 0. The molecule has 0 N–H and O–H groups in total. The summed E-state index contributed by atoms with van der Waals surface area (Å²) in [6.45, 7) is 6.08. The predicted molar refractivity (Wildman–Crippen MR) is 65.6 cm³/mol. The zero-order valence-corrected chi connectivity index (χ0v) is 10.5. The van der Waals surface area contributed by atoms with E-state index >= 15 is 0 Å². The van der Waals surface area contributed by atoms with Gasteiger partial charge in [-0.1, -0.05) is 36.2 Å². The number of hydrogen-bond donors (Lipinski definition) is 0. The zero-order chi connectivity index (χ0) is 12.1. The lowest BCUT2D eigenvalue weighted by Crippen LogP contribution is -2.14. The molecule has 0 saturated carbocycles. The number of ketones is 1. The van der Waals surface area contributed by atoms with Crippen LogP contribution in [0.3, 0.4) is 0 Å². The largest absolute Gasteiger partial charge is 0.369 e. The number of ether oxygens (including phenoxy) is 1. The highest BCUT2D eigenvalue weighted by molar-refractivity contribution is 5.84. The fourth-order valence-corrected chi connectivity index (χ4v) is 1.99. The van der Waals surface area contributed by atoms with Gasteiger partial charge in [-0.2, -0.15) is 0 Å². The number of methoxy groups -OCH3 is 1. The number of carbonyl (C=O) groups excluding carboxylic acids is 1. The van der Waals surface area contributed by atoms with Crippen molar-refractivity contribution in [2.24, 2.45) is 0 Å². The van der Waals surface area contributed by atoms with Crippen LogP contribution in [0.25, 0.3) is 0 Å². The maximum absolute atomic E-state index is 11.9. The lowest BCUT2D eigenvalue weighted by atomic mass is 9.98. The van der Waals surface area contributed by atoms with Crippen molar-refractivity contribution in [1.82, 2.24) is 0 Å². The summed E-state index contributed by atoms with van der Waals surface area (Å²) in [6.07, 6.45) is 1.04. The molecule has 0 aliphatic heterocycles. The van der Waals surface area contributed by atoms with E-state index < -0.39 is 6.10 Å². The second-order valence-electron chi connectivity index (χ2n) is 4.25. The molecular weight excluding hydrogens is 200 g/mol. The van der Waals surface area contributed by atoms with Crippen LogP contribution >= 0.6 is 0 Å². The Labute approximate surface area is 97.6 Å². The quantitative estimate of drug-likeness (QED) is 0.760. The van der Waals surface area contributed by atoms with E-state index in [0.29, 0.717) is 6.42 Å². The zero-order valence-electron chi connectivity index (χ0n) is 10.5. The fourth-order valence-electron chi connectivity index (χ4n) is 1.99. The molecule has 16 heavy (non-hydrogen) atoms. The van der Waals surface area contributed by atoms with Gasteiger partial charge in [-0.05, 0) is 25.8 Å². The summed E-state index contributed by atoms with van der Waals surface area (Å²) in [6, 6.07) is 6.14. The van der Waals surface area contributed by atoms with E-state index in [-0.39, 0.29) is 5.78 Å². The minimum atomic E-state index is -0.404. The number of hydrogen-bond acceptors (Lipinski definition) is 2. The van der Waals surface area contributed by atoms with Crippen LogP contribution < -0.4 is 0 Å². The molecule has 0 aromatic heterocycles. The van der Waals surface area contributed by atoms with E-state index in [0.717, 1.165) is 12.0 Å². The van der Waals surface area contributed by atoms with E-state index in [1.807, 2.05) is 32.9 Å². The van der Waals surface area contributed by atoms with E-state index in [1.165, 1.54) is 11.1 Å². The van der Waals surface area contributed by atoms with Crippen molar-refractivity contribution in [1.29, 1.82) is 0 Å². The van der Waals surface area contributed by atoms with E-state index in [1.54, 1.807) is 7.11 Å². The van der Waals surface area contributed by atoms with Crippen molar-refractivity contribution < 1.29 is 9.53 Å². The van der Waals surface area contributed by atoms with Gasteiger partial charge in [-0.25, -0.2) is 0 Å². The Kier molecular flexibility index (Phi) is 4.69. The molecule has 0 amide bonds. The Balaban J connectivity index is 2.98. The standard InChI is InChI=1S/C14H20O2/c1-5-6-13(15)14(16-4)12-8-10(2)7-11(3)9-12/h7-9,14H,5-6H2,1-4H3. The van der Waals surface area contributed by atoms with Crippen LogP contribution in [0, 0.1) is 13.8 Å². The third-order valence-electron chi connectivity index (χ3n) is 2.57. The molecule has 0 saturated heterocycles. The molecule has 0 aliphatic carbocycles. The molecule has 0 radical (unpaired) electrons. The number of carbonyl (C=O) groups is 1. The molecule has 1 aromatic rings. The number of Topliss-reactive ketones (excluding diaryl/α,β-unsaturated/α-hetero) is 1. The van der Waals surface area contributed by atoms with Gasteiger partial charge >= 0.3 is 0 Å². The van der Waals surface area contributed by atoms with Crippen LogP contribution in [-0.2, 0) is 9.53 Å². The maximum Gasteiger partial charge on any atom is 0.166 e. The third-order valence-corrected chi connectivity index (χ3v) is 2.57. The van der Waals surface area contributed by atoms with Crippen LogP contribution in [0.4, 0.5) is 0 Å². The highest BCUT2D eigenvalue weighted by Gasteiger charge is 2.19. The van der Waals surface area contributed by atoms with Crippen molar-refractivity contribution in [3.63, 3.8) is 0 Å². The Morgan fingerprint density at radius 1 is 1.25 bits per heavy atom. The molecule has 1 aromatic carbocycles. The summed E-state index contributed by atoms with van der Waals surface area (Å²) in [5, 5.41) is 0. The van der Waals surface area contributed by atoms with Crippen LogP contribution in [0.2, 0.25) is 0 Å². The normalized spacial score (nSPS) is 12.5. The van der Waals surface area contributed by atoms with Gasteiger partial charge in [0.25, 0.3) is 0 Å². The fraction of sp³-hybridized carbons (Fsp3) is 0.500. The second-order valence-corrected chi connectivity index (χ2v) is 4.25. The maximum atomic E-state index is 11.9. The summed E-state index contributed by atoms with van der Waals surface area (Å²) in [5.41, 5.74) is 3.31. The summed E-state index contributed by atoms with van der Waals surface area (Å²) in [4.78, 5) is 11.9. The molecule has 1 atom stereocenters. The highest BCUT2D eigenvalue weighted by atomic mass is 16.5. The van der Waals surface area contributed by atoms with Gasteiger partial charge in [0.1, 0.15) is 6.10 Å². The molecule has 2 heteroatoms. The van der Waals surface area contributed by atoms with Gasteiger partial charge in [0.05, 0.1) is 0 Å². The van der Waals surface area contributed by atoms with Crippen LogP contribution in [-0.4, -0.2) is 12.9 Å². The van der Waals surface area contributed by atoms with Crippen molar-refractivity contribution in [3.8, 4) is 0 Å². The average molecular weight is 220 g/mol. The number of aryl methyl sites for hydroxylation is 2. The Morgan fingerprint density at radius 2 is 1.81 bits per heavy atom. The molecule has 0 spiro atoms. The topological polar surface area (TPSA) is 26.3 Å². The van der Waals surface area contributed by atoms with Crippen molar-refractivity contribution >= 4 is 5.78 Å². The minimum absolute atomic E-state index is 0.162. The molecule has 0 bridgehead atoms. The first-order valence-electron chi connectivity index (χ1n) is 5.72. The average Bonchev–Trinajstić information content (AvgIpc) is 2.17. The summed E-state index contributed by atoms with van der Waals surface area (Å²) in [5.74, 6) is 0.162. The highest BCUT2D eigenvalue weighted by Crippen LogP contribution is 2.22. The molecule has 0 heterocycles. The number of benzene rings is 1. The van der Waals surface area contributed by atoms with Gasteiger partial charge in [-0.3, -0.25) is 4.79 Å². The van der Waals surface area contributed by atoms with Crippen LogP contribution in [0.5, 0.6) is 0 Å². The summed E-state index contributed by atoms with van der Waals surface area (Å²) in [7, 11) is 1.59. The molecule has 0 fully saturated rings. The second kappa shape index (κ2) is 5.80. The minimum Gasteiger partial charge on any atom is -0.369 e. The SMILES string of the molecule is CCCC(=O)C(OC)c1cc(C)cc(C)c1. The molecule has 1 unspecified atom stereocenters. The lowest BCUT2D eigenvalue weighted by Gasteiger charge is -2.15. The first kappa shape index (κ1) is 12.9.